The molecule has 0 aliphatic carbocycles. The lowest BCUT2D eigenvalue weighted by molar-refractivity contribution is 0.208. The van der Waals surface area contributed by atoms with Crippen molar-refractivity contribution < 1.29 is 0 Å². The van der Waals surface area contributed by atoms with Crippen LogP contribution in [0.15, 0.2) is 5.38 Å². The molecule has 2 heterocycles. The third-order valence-electron chi connectivity index (χ3n) is 3.92. The molecular weight excluding hydrogens is 230 g/mol. The monoisotopic (exact) mass is 253 g/mol. The molecule has 1 atom stereocenters. The Morgan fingerprint density at radius 3 is 2.94 bits per heavy atom. The van der Waals surface area contributed by atoms with Crippen LogP contribution in [-0.2, 0) is 6.54 Å². The highest BCUT2D eigenvalue weighted by molar-refractivity contribution is 7.09. The Kier molecular flexibility index (Phi) is 4.17. The lowest BCUT2D eigenvalue weighted by Gasteiger charge is -2.32. The lowest BCUT2D eigenvalue weighted by Crippen LogP contribution is -2.40. The first-order valence-electron chi connectivity index (χ1n) is 6.45. The van der Waals surface area contributed by atoms with E-state index in [0.717, 1.165) is 37.8 Å². The van der Waals surface area contributed by atoms with E-state index in [2.05, 4.69) is 41.8 Å². The standard InChI is InChI=1S/C13H23N3S/c1-10(2)13(4-5-14-8-13)9-15-6-12-16-11(3)7-17-12/h7,10,14-15H,4-6,8-9H2,1-3H3. The fourth-order valence-electron chi connectivity index (χ4n) is 2.51. The van der Waals surface area contributed by atoms with E-state index in [-0.39, 0.29) is 0 Å². The number of thiazole rings is 1. The maximum Gasteiger partial charge on any atom is 0.107 e. The van der Waals surface area contributed by atoms with Gasteiger partial charge in [0.2, 0.25) is 0 Å². The summed E-state index contributed by atoms with van der Waals surface area (Å²) in [5.41, 5.74) is 1.57. The van der Waals surface area contributed by atoms with Gasteiger partial charge in [0, 0.05) is 30.7 Å². The van der Waals surface area contributed by atoms with Crippen molar-refractivity contribution in [1.82, 2.24) is 15.6 Å². The Bertz CT molecular complexity index is 353. The number of hydrogen-bond acceptors (Lipinski definition) is 4. The Morgan fingerprint density at radius 1 is 1.59 bits per heavy atom. The van der Waals surface area contributed by atoms with Gasteiger partial charge in [0.25, 0.3) is 0 Å². The third-order valence-corrected chi connectivity index (χ3v) is 4.89. The molecule has 1 unspecified atom stereocenters. The number of nitrogens with one attached hydrogen (secondary N) is 2. The van der Waals surface area contributed by atoms with Crippen LogP contribution in [0.4, 0.5) is 0 Å². The fourth-order valence-corrected chi connectivity index (χ4v) is 3.25. The first-order valence-corrected chi connectivity index (χ1v) is 7.33. The van der Waals surface area contributed by atoms with Gasteiger partial charge in [-0.15, -0.1) is 11.3 Å². The van der Waals surface area contributed by atoms with Crippen LogP contribution in [0.25, 0.3) is 0 Å². The van der Waals surface area contributed by atoms with Crippen LogP contribution in [0.5, 0.6) is 0 Å². The van der Waals surface area contributed by atoms with E-state index in [0.29, 0.717) is 5.41 Å². The highest BCUT2D eigenvalue weighted by Crippen LogP contribution is 2.33. The Hall–Kier alpha value is -0.450. The Balaban J connectivity index is 1.84. The number of aromatic nitrogens is 1. The summed E-state index contributed by atoms with van der Waals surface area (Å²) in [6, 6.07) is 0. The smallest absolute Gasteiger partial charge is 0.107 e. The van der Waals surface area contributed by atoms with Gasteiger partial charge in [-0.05, 0) is 31.2 Å². The van der Waals surface area contributed by atoms with Crippen LogP contribution in [0.3, 0.4) is 0 Å². The molecule has 1 aromatic rings. The maximum atomic E-state index is 4.48. The average molecular weight is 253 g/mol. The minimum Gasteiger partial charge on any atom is -0.316 e. The summed E-state index contributed by atoms with van der Waals surface area (Å²) in [5.74, 6) is 0.725. The predicted molar refractivity (Wildman–Crippen MR) is 73.3 cm³/mol. The van der Waals surface area contributed by atoms with Gasteiger partial charge < -0.3 is 10.6 Å². The summed E-state index contributed by atoms with van der Waals surface area (Å²) in [7, 11) is 0. The van der Waals surface area contributed by atoms with E-state index in [1.54, 1.807) is 11.3 Å². The normalized spacial score (nSPS) is 24.7. The highest BCUT2D eigenvalue weighted by Gasteiger charge is 2.36. The van der Waals surface area contributed by atoms with Crippen LogP contribution >= 0.6 is 11.3 Å². The van der Waals surface area contributed by atoms with E-state index in [1.807, 2.05) is 0 Å². The molecule has 1 aromatic heterocycles. The summed E-state index contributed by atoms with van der Waals surface area (Å²) in [5, 5.41) is 10.4. The van der Waals surface area contributed by atoms with Crippen molar-refractivity contribution in [3.63, 3.8) is 0 Å². The molecule has 1 saturated heterocycles. The summed E-state index contributed by atoms with van der Waals surface area (Å²) < 4.78 is 0. The van der Waals surface area contributed by atoms with Gasteiger partial charge in [0.15, 0.2) is 0 Å². The minimum atomic E-state index is 0.437. The van der Waals surface area contributed by atoms with Crippen LogP contribution in [0.2, 0.25) is 0 Å². The van der Waals surface area contributed by atoms with Crippen LogP contribution in [0, 0.1) is 18.3 Å². The number of hydrogen-bond donors (Lipinski definition) is 2. The van der Waals surface area contributed by atoms with Crippen LogP contribution in [-0.4, -0.2) is 24.6 Å². The van der Waals surface area contributed by atoms with E-state index in [4.69, 9.17) is 0 Å². The number of aryl methyl sites for hydroxylation is 1. The molecule has 2 rings (SSSR count). The summed E-state index contributed by atoms with van der Waals surface area (Å²) >= 11 is 1.75. The van der Waals surface area contributed by atoms with Gasteiger partial charge in [0.1, 0.15) is 5.01 Å². The summed E-state index contributed by atoms with van der Waals surface area (Å²) in [4.78, 5) is 4.48. The topological polar surface area (TPSA) is 37.0 Å². The van der Waals surface area contributed by atoms with Gasteiger partial charge in [-0.2, -0.15) is 0 Å². The van der Waals surface area contributed by atoms with Crippen molar-refractivity contribution in [2.75, 3.05) is 19.6 Å². The number of nitrogens with zero attached hydrogens (tertiary/aromatic N) is 1. The van der Waals surface area contributed by atoms with E-state index in [1.165, 1.54) is 11.4 Å². The van der Waals surface area contributed by atoms with Crippen LogP contribution in [0.1, 0.15) is 31.0 Å². The van der Waals surface area contributed by atoms with Crippen molar-refractivity contribution >= 4 is 11.3 Å². The molecule has 1 aliphatic heterocycles. The molecule has 0 spiro atoms. The van der Waals surface area contributed by atoms with E-state index >= 15 is 0 Å². The predicted octanol–water partition coefficient (Wildman–Crippen LogP) is 2.18. The Morgan fingerprint density at radius 2 is 2.41 bits per heavy atom. The molecule has 96 valence electrons. The van der Waals surface area contributed by atoms with Gasteiger partial charge in [-0.25, -0.2) is 4.98 Å². The SMILES string of the molecule is Cc1csc(CNCC2(C(C)C)CCNC2)n1. The molecule has 17 heavy (non-hydrogen) atoms. The summed E-state index contributed by atoms with van der Waals surface area (Å²) in [6.07, 6.45) is 1.29. The quantitative estimate of drug-likeness (QED) is 0.844. The third kappa shape index (κ3) is 3.06. The zero-order valence-electron chi connectivity index (χ0n) is 11.0. The second kappa shape index (κ2) is 5.46. The van der Waals surface area contributed by atoms with Gasteiger partial charge in [-0.3, -0.25) is 0 Å². The van der Waals surface area contributed by atoms with Crippen molar-refractivity contribution in [2.24, 2.45) is 11.3 Å². The molecule has 0 aromatic carbocycles. The molecule has 4 heteroatoms. The van der Waals surface area contributed by atoms with Gasteiger partial charge >= 0.3 is 0 Å². The van der Waals surface area contributed by atoms with Crippen molar-refractivity contribution in [2.45, 2.75) is 33.7 Å². The first-order chi connectivity index (χ1) is 8.12. The zero-order valence-corrected chi connectivity index (χ0v) is 11.9. The second-order valence-corrected chi connectivity index (χ2v) is 6.37. The highest BCUT2D eigenvalue weighted by atomic mass is 32.1. The average Bonchev–Trinajstić information content (AvgIpc) is 2.89. The van der Waals surface area contributed by atoms with E-state index in [9.17, 15) is 0 Å². The lowest BCUT2D eigenvalue weighted by atomic mass is 9.76. The van der Waals surface area contributed by atoms with Crippen molar-refractivity contribution in [3.05, 3.63) is 16.1 Å². The van der Waals surface area contributed by atoms with Gasteiger partial charge in [0.05, 0.1) is 0 Å². The molecule has 0 amide bonds. The van der Waals surface area contributed by atoms with Crippen molar-refractivity contribution in [3.8, 4) is 0 Å². The Labute approximate surface area is 108 Å². The van der Waals surface area contributed by atoms with Crippen molar-refractivity contribution in [1.29, 1.82) is 0 Å². The van der Waals surface area contributed by atoms with Gasteiger partial charge in [-0.1, -0.05) is 13.8 Å². The maximum absolute atomic E-state index is 4.48. The number of rotatable bonds is 5. The molecule has 3 nitrogen and oxygen atoms in total. The summed E-state index contributed by atoms with van der Waals surface area (Å²) in [6.45, 7) is 11.0. The second-order valence-electron chi connectivity index (χ2n) is 5.43. The van der Waals surface area contributed by atoms with E-state index < -0.39 is 0 Å². The molecule has 2 N–H and O–H groups in total. The molecule has 1 fully saturated rings. The van der Waals surface area contributed by atoms with Crippen LogP contribution < -0.4 is 10.6 Å². The molecule has 0 bridgehead atoms. The largest absolute Gasteiger partial charge is 0.316 e. The molecule has 0 radical (unpaired) electrons. The first kappa shape index (κ1) is 13.0. The zero-order chi connectivity index (χ0) is 12.3. The molecule has 0 saturated carbocycles. The molecular formula is C13H23N3S. The fraction of sp³-hybridized carbons (Fsp3) is 0.769. The minimum absolute atomic E-state index is 0.437. The molecule has 1 aliphatic rings.